The van der Waals surface area contributed by atoms with Crippen molar-refractivity contribution in [2.45, 2.75) is 0 Å². The first-order valence-corrected chi connectivity index (χ1v) is 8.45. The molecule has 1 N–H and O–H groups in total. The summed E-state index contributed by atoms with van der Waals surface area (Å²) in [4.78, 5) is 16.8. The number of anilines is 2. The number of hydrogen-bond acceptors (Lipinski definition) is 3. The van der Waals surface area contributed by atoms with E-state index in [1.54, 1.807) is 4.68 Å². The van der Waals surface area contributed by atoms with Crippen LogP contribution in [0, 0.1) is 0 Å². The Hall–Kier alpha value is -2.96. The van der Waals surface area contributed by atoms with Gasteiger partial charge in [0.25, 0.3) is 0 Å². The standard InChI is InChI=1S/C18H22N6O/c1-21-7-6-14-4-3-5-16(17(14)21)20-18(25)24-10-8-23(9-11-24)15-12-19-22(2)13-15/h3-7,12-13H,8-11H2,1-2H3,(H,20,25). The average Bonchev–Trinajstić information content (AvgIpc) is 3.22. The predicted octanol–water partition coefficient (Wildman–Crippen LogP) is 2.27. The molecule has 0 bridgehead atoms. The largest absolute Gasteiger partial charge is 0.365 e. The van der Waals surface area contributed by atoms with Crippen molar-refractivity contribution in [3.63, 3.8) is 0 Å². The van der Waals surface area contributed by atoms with Gasteiger partial charge in [-0.1, -0.05) is 12.1 Å². The summed E-state index contributed by atoms with van der Waals surface area (Å²) < 4.78 is 3.83. The van der Waals surface area contributed by atoms with E-state index in [1.165, 1.54) is 0 Å². The molecule has 1 saturated heterocycles. The second-order valence-electron chi connectivity index (χ2n) is 6.45. The number of para-hydroxylation sites is 1. The van der Waals surface area contributed by atoms with E-state index in [0.717, 1.165) is 35.4 Å². The summed E-state index contributed by atoms with van der Waals surface area (Å²) >= 11 is 0. The quantitative estimate of drug-likeness (QED) is 0.780. The molecule has 0 aliphatic carbocycles. The zero-order valence-corrected chi connectivity index (χ0v) is 14.5. The third-order valence-electron chi connectivity index (χ3n) is 4.76. The van der Waals surface area contributed by atoms with Crippen LogP contribution in [0.15, 0.2) is 42.9 Å². The van der Waals surface area contributed by atoms with Gasteiger partial charge in [-0.2, -0.15) is 5.10 Å². The van der Waals surface area contributed by atoms with Crippen LogP contribution in [0.5, 0.6) is 0 Å². The van der Waals surface area contributed by atoms with Gasteiger partial charge in [0, 0.05) is 58.1 Å². The van der Waals surface area contributed by atoms with Crippen molar-refractivity contribution in [2.24, 2.45) is 14.1 Å². The van der Waals surface area contributed by atoms with Crippen molar-refractivity contribution in [1.82, 2.24) is 19.2 Å². The number of carbonyl (C=O) groups is 1. The van der Waals surface area contributed by atoms with Crippen LogP contribution >= 0.6 is 0 Å². The molecule has 0 spiro atoms. The number of hydrogen-bond donors (Lipinski definition) is 1. The van der Waals surface area contributed by atoms with Gasteiger partial charge >= 0.3 is 6.03 Å². The molecule has 2 aromatic heterocycles. The summed E-state index contributed by atoms with van der Waals surface area (Å²) in [6.45, 7) is 3.02. The van der Waals surface area contributed by atoms with E-state index in [2.05, 4.69) is 27.4 Å². The van der Waals surface area contributed by atoms with Gasteiger partial charge in [-0.15, -0.1) is 0 Å². The first kappa shape index (κ1) is 15.6. The number of piperazine rings is 1. The van der Waals surface area contributed by atoms with Gasteiger partial charge < -0.3 is 19.7 Å². The number of benzene rings is 1. The Bertz CT molecular complexity index is 903. The third-order valence-corrected chi connectivity index (χ3v) is 4.76. The summed E-state index contributed by atoms with van der Waals surface area (Å²) in [5.74, 6) is 0. The van der Waals surface area contributed by atoms with Crippen molar-refractivity contribution in [1.29, 1.82) is 0 Å². The SMILES string of the molecule is Cn1cc(N2CCN(C(=O)Nc3cccc4ccn(C)c34)CC2)cn1. The van der Waals surface area contributed by atoms with Crippen molar-refractivity contribution < 1.29 is 4.79 Å². The number of carbonyl (C=O) groups excluding carboxylic acids is 1. The maximum absolute atomic E-state index is 12.7. The molecule has 25 heavy (non-hydrogen) atoms. The van der Waals surface area contributed by atoms with Crippen molar-refractivity contribution in [3.8, 4) is 0 Å². The molecule has 7 heteroatoms. The summed E-state index contributed by atoms with van der Waals surface area (Å²) in [7, 11) is 3.90. The smallest absolute Gasteiger partial charge is 0.322 e. The molecule has 1 aromatic carbocycles. The van der Waals surface area contributed by atoms with E-state index in [0.29, 0.717) is 13.1 Å². The molecule has 0 radical (unpaired) electrons. The molecule has 1 aliphatic rings. The monoisotopic (exact) mass is 338 g/mol. The van der Waals surface area contributed by atoms with Crippen LogP contribution in [0.3, 0.4) is 0 Å². The van der Waals surface area contributed by atoms with Crippen molar-refractivity contribution in [3.05, 3.63) is 42.9 Å². The minimum Gasteiger partial charge on any atom is -0.365 e. The first-order valence-electron chi connectivity index (χ1n) is 8.45. The zero-order valence-electron chi connectivity index (χ0n) is 14.5. The van der Waals surface area contributed by atoms with E-state index >= 15 is 0 Å². The Morgan fingerprint density at radius 1 is 1.12 bits per heavy atom. The van der Waals surface area contributed by atoms with E-state index in [9.17, 15) is 4.79 Å². The van der Waals surface area contributed by atoms with E-state index < -0.39 is 0 Å². The van der Waals surface area contributed by atoms with E-state index in [-0.39, 0.29) is 6.03 Å². The van der Waals surface area contributed by atoms with Gasteiger partial charge in [0.15, 0.2) is 0 Å². The van der Waals surface area contributed by atoms with Crippen LogP contribution in [0.1, 0.15) is 0 Å². The second-order valence-corrected chi connectivity index (χ2v) is 6.45. The number of urea groups is 1. The van der Waals surface area contributed by atoms with E-state index in [1.807, 2.05) is 54.3 Å². The summed E-state index contributed by atoms with van der Waals surface area (Å²) in [6.07, 6.45) is 5.88. The summed E-state index contributed by atoms with van der Waals surface area (Å²) in [6, 6.07) is 7.99. The van der Waals surface area contributed by atoms with Gasteiger partial charge in [0.2, 0.25) is 0 Å². The predicted molar refractivity (Wildman–Crippen MR) is 98.9 cm³/mol. The molecule has 0 saturated carbocycles. The molecule has 0 unspecified atom stereocenters. The highest BCUT2D eigenvalue weighted by atomic mass is 16.2. The van der Waals surface area contributed by atoms with Gasteiger partial charge in [-0.3, -0.25) is 4.68 Å². The lowest BCUT2D eigenvalue weighted by atomic mass is 10.2. The van der Waals surface area contributed by atoms with Gasteiger partial charge in [0.05, 0.1) is 23.1 Å². The number of fused-ring (bicyclic) bond motifs is 1. The van der Waals surface area contributed by atoms with Crippen molar-refractivity contribution in [2.75, 3.05) is 36.4 Å². The number of rotatable bonds is 2. The molecule has 1 fully saturated rings. The first-order chi connectivity index (χ1) is 12.1. The number of aromatic nitrogens is 3. The lowest BCUT2D eigenvalue weighted by molar-refractivity contribution is 0.208. The molecule has 1 aliphatic heterocycles. The molecule has 3 heterocycles. The topological polar surface area (TPSA) is 58.3 Å². The van der Waals surface area contributed by atoms with Crippen molar-refractivity contribution >= 4 is 28.3 Å². The highest BCUT2D eigenvalue weighted by Gasteiger charge is 2.22. The number of amides is 2. The lowest BCUT2D eigenvalue weighted by Crippen LogP contribution is -2.50. The van der Waals surface area contributed by atoms with E-state index in [4.69, 9.17) is 0 Å². The zero-order chi connectivity index (χ0) is 17.4. The highest BCUT2D eigenvalue weighted by molar-refractivity contribution is 6.00. The summed E-state index contributed by atoms with van der Waals surface area (Å²) in [5.41, 5.74) is 3.01. The van der Waals surface area contributed by atoms with Crippen LogP contribution < -0.4 is 10.2 Å². The minimum atomic E-state index is -0.0421. The van der Waals surface area contributed by atoms with Crippen LogP contribution in [0.4, 0.5) is 16.2 Å². The molecule has 4 rings (SSSR count). The second kappa shape index (κ2) is 6.16. The Morgan fingerprint density at radius 2 is 1.92 bits per heavy atom. The molecule has 3 aromatic rings. The number of nitrogens with zero attached hydrogens (tertiary/aromatic N) is 5. The Kier molecular flexibility index (Phi) is 3.83. The number of aryl methyl sites for hydroxylation is 2. The van der Waals surface area contributed by atoms with Gasteiger partial charge in [-0.05, 0) is 12.1 Å². The van der Waals surface area contributed by atoms with Gasteiger partial charge in [-0.25, -0.2) is 4.79 Å². The molecule has 0 atom stereocenters. The fourth-order valence-electron chi connectivity index (χ4n) is 3.39. The molecular formula is C18H22N6O. The fraction of sp³-hybridized carbons (Fsp3) is 0.333. The van der Waals surface area contributed by atoms with Gasteiger partial charge in [0.1, 0.15) is 0 Å². The number of nitrogens with one attached hydrogen (secondary N) is 1. The minimum absolute atomic E-state index is 0.0421. The third kappa shape index (κ3) is 2.93. The van der Waals surface area contributed by atoms with Crippen LogP contribution in [0.25, 0.3) is 10.9 Å². The molecule has 130 valence electrons. The maximum atomic E-state index is 12.7. The Morgan fingerprint density at radius 3 is 2.64 bits per heavy atom. The Labute approximate surface area is 146 Å². The summed E-state index contributed by atoms with van der Waals surface area (Å²) in [5, 5.41) is 8.41. The molecular weight excluding hydrogens is 316 g/mol. The van der Waals surface area contributed by atoms with Crippen LogP contribution in [-0.2, 0) is 14.1 Å². The molecule has 2 amide bonds. The maximum Gasteiger partial charge on any atom is 0.322 e. The van der Waals surface area contributed by atoms with Crippen LogP contribution in [-0.4, -0.2) is 51.5 Å². The highest BCUT2D eigenvalue weighted by Crippen LogP contribution is 2.24. The Balaban J connectivity index is 1.43. The van der Waals surface area contributed by atoms with Crippen LogP contribution in [0.2, 0.25) is 0 Å². The fourth-order valence-corrected chi connectivity index (χ4v) is 3.39. The molecule has 7 nitrogen and oxygen atoms in total. The normalized spacial score (nSPS) is 15.0. The average molecular weight is 338 g/mol. The lowest BCUT2D eigenvalue weighted by Gasteiger charge is -2.35.